The SMILES string of the molecule is COCCNCc1ccc(OC)cc1OCCOCCO. The number of ether oxygens (including phenoxy) is 4. The molecule has 1 aromatic rings. The van der Waals surface area contributed by atoms with Crippen molar-refractivity contribution in [2.45, 2.75) is 6.54 Å². The van der Waals surface area contributed by atoms with Gasteiger partial charge in [0.2, 0.25) is 0 Å². The summed E-state index contributed by atoms with van der Waals surface area (Å²) in [7, 11) is 3.30. The maximum absolute atomic E-state index is 8.64. The Bertz CT molecular complexity index is 386. The molecule has 0 heterocycles. The van der Waals surface area contributed by atoms with Crippen molar-refractivity contribution in [2.24, 2.45) is 0 Å². The van der Waals surface area contributed by atoms with E-state index in [0.717, 1.165) is 23.6 Å². The van der Waals surface area contributed by atoms with Gasteiger partial charge in [0, 0.05) is 31.8 Å². The molecule has 0 fully saturated rings. The summed E-state index contributed by atoms with van der Waals surface area (Å²) >= 11 is 0. The monoisotopic (exact) mass is 299 g/mol. The molecule has 0 atom stereocenters. The third-order valence-corrected chi connectivity index (χ3v) is 2.79. The molecular weight excluding hydrogens is 274 g/mol. The van der Waals surface area contributed by atoms with E-state index in [9.17, 15) is 0 Å². The normalized spacial score (nSPS) is 10.6. The Morgan fingerprint density at radius 1 is 1.10 bits per heavy atom. The molecule has 1 rings (SSSR count). The van der Waals surface area contributed by atoms with E-state index in [1.807, 2.05) is 18.2 Å². The third-order valence-electron chi connectivity index (χ3n) is 2.79. The summed E-state index contributed by atoms with van der Waals surface area (Å²) in [5.74, 6) is 1.52. The van der Waals surface area contributed by atoms with E-state index in [0.29, 0.717) is 33.0 Å². The molecule has 0 unspecified atom stereocenters. The first-order valence-electron chi connectivity index (χ1n) is 6.99. The number of aliphatic hydroxyl groups excluding tert-OH is 1. The summed E-state index contributed by atoms with van der Waals surface area (Å²) in [6, 6.07) is 5.74. The van der Waals surface area contributed by atoms with E-state index in [-0.39, 0.29) is 6.61 Å². The minimum Gasteiger partial charge on any atom is -0.497 e. The fourth-order valence-corrected chi connectivity index (χ4v) is 1.72. The highest BCUT2D eigenvalue weighted by Crippen LogP contribution is 2.24. The Balaban J connectivity index is 2.51. The lowest BCUT2D eigenvalue weighted by Crippen LogP contribution is -2.19. The number of aliphatic hydroxyl groups is 1. The standard InChI is InChI=1S/C15H25NO5/c1-18-7-5-16-12-13-3-4-14(19-2)11-15(13)21-10-9-20-8-6-17/h3-4,11,16-17H,5-10,12H2,1-2H3. The van der Waals surface area contributed by atoms with Crippen molar-refractivity contribution in [3.05, 3.63) is 23.8 Å². The lowest BCUT2D eigenvalue weighted by molar-refractivity contribution is 0.0702. The number of hydrogen-bond acceptors (Lipinski definition) is 6. The number of methoxy groups -OCH3 is 2. The molecule has 6 nitrogen and oxygen atoms in total. The molecule has 0 saturated carbocycles. The zero-order valence-corrected chi connectivity index (χ0v) is 12.8. The summed E-state index contributed by atoms with van der Waals surface area (Å²) < 4.78 is 21.1. The van der Waals surface area contributed by atoms with Gasteiger partial charge in [0.1, 0.15) is 18.1 Å². The molecule has 120 valence electrons. The minimum atomic E-state index is 0.0217. The van der Waals surface area contributed by atoms with Crippen molar-refractivity contribution in [1.82, 2.24) is 5.32 Å². The van der Waals surface area contributed by atoms with Crippen molar-refractivity contribution in [2.75, 3.05) is 53.8 Å². The molecule has 6 heteroatoms. The number of hydrogen-bond donors (Lipinski definition) is 2. The predicted molar refractivity (Wildman–Crippen MR) is 80.0 cm³/mol. The number of benzene rings is 1. The van der Waals surface area contributed by atoms with Crippen molar-refractivity contribution in [3.63, 3.8) is 0 Å². The van der Waals surface area contributed by atoms with Crippen LogP contribution in [0.25, 0.3) is 0 Å². The first-order valence-corrected chi connectivity index (χ1v) is 6.99. The molecule has 2 N–H and O–H groups in total. The zero-order valence-electron chi connectivity index (χ0n) is 12.8. The van der Waals surface area contributed by atoms with Crippen molar-refractivity contribution < 1.29 is 24.1 Å². The highest BCUT2D eigenvalue weighted by molar-refractivity contribution is 5.40. The summed E-state index contributed by atoms with van der Waals surface area (Å²) in [5, 5.41) is 11.9. The van der Waals surface area contributed by atoms with Crippen LogP contribution < -0.4 is 14.8 Å². The Kier molecular flexibility index (Phi) is 9.56. The second-order valence-electron chi connectivity index (χ2n) is 4.33. The third kappa shape index (κ3) is 7.29. The molecule has 0 aliphatic carbocycles. The summed E-state index contributed by atoms with van der Waals surface area (Å²) in [6.45, 7) is 3.36. The predicted octanol–water partition coefficient (Wildman–Crippen LogP) is 0.819. The molecule has 0 bridgehead atoms. The maximum Gasteiger partial charge on any atom is 0.127 e. The van der Waals surface area contributed by atoms with E-state index in [4.69, 9.17) is 24.1 Å². The fourth-order valence-electron chi connectivity index (χ4n) is 1.72. The van der Waals surface area contributed by atoms with Crippen LogP contribution in [0.1, 0.15) is 5.56 Å². The van der Waals surface area contributed by atoms with E-state index in [1.165, 1.54) is 0 Å². The minimum absolute atomic E-state index is 0.0217. The van der Waals surface area contributed by atoms with Crippen LogP contribution >= 0.6 is 0 Å². The highest BCUT2D eigenvalue weighted by Gasteiger charge is 2.06. The van der Waals surface area contributed by atoms with Crippen LogP contribution in [0.15, 0.2) is 18.2 Å². The average Bonchev–Trinajstić information content (AvgIpc) is 2.52. The molecule has 0 aromatic heterocycles. The van der Waals surface area contributed by atoms with Gasteiger partial charge in [0.25, 0.3) is 0 Å². The zero-order chi connectivity index (χ0) is 15.3. The molecule has 0 aliphatic rings. The van der Waals surface area contributed by atoms with Gasteiger partial charge in [0.15, 0.2) is 0 Å². The molecule has 0 saturated heterocycles. The van der Waals surface area contributed by atoms with Crippen LogP contribution in [0.4, 0.5) is 0 Å². The van der Waals surface area contributed by atoms with Crippen LogP contribution in [0.5, 0.6) is 11.5 Å². The lowest BCUT2D eigenvalue weighted by atomic mass is 10.2. The summed E-state index contributed by atoms with van der Waals surface area (Å²) in [6.07, 6.45) is 0. The molecule has 0 aliphatic heterocycles. The fraction of sp³-hybridized carbons (Fsp3) is 0.600. The van der Waals surface area contributed by atoms with Crippen molar-refractivity contribution >= 4 is 0 Å². The topological polar surface area (TPSA) is 69.2 Å². The Labute approximate surface area is 126 Å². The first kappa shape index (κ1) is 17.7. The summed E-state index contributed by atoms with van der Waals surface area (Å²) in [5.41, 5.74) is 1.05. The smallest absolute Gasteiger partial charge is 0.127 e. The van der Waals surface area contributed by atoms with E-state index >= 15 is 0 Å². The number of nitrogens with one attached hydrogen (secondary N) is 1. The van der Waals surface area contributed by atoms with Gasteiger partial charge in [-0.1, -0.05) is 6.07 Å². The van der Waals surface area contributed by atoms with Crippen LogP contribution in [0, 0.1) is 0 Å². The van der Waals surface area contributed by atoms with Gasteiger partial charge in [-0.05, 0) is 6.07 Å². The van der Waals surface area contributed by atoms with Gasteiger partial charge in [-0.3, -0.25) is 0 Å². The Morgan fingerprint density at radius 2 is 1.95 bits per heavy atom. The largest absolute Gasteiger partial charge is 0.497 e. The quantitative estimate of drug-likeness (QED) is 0.557. The second kappa shape index (κ2) is 11.3. The van der Waals surface area contributed by atoms with E-state index in [2.05, 4.69) is 5.32 Å². The van der Waals surface area contributed by atoms with Crippen molar-refractivity contribution in [3.8, 4) is 11.5 Å². The van der Waals surface area contributed by atoms with Crippen LogP contribution in [-0.4, -0.2) is 58.9 Å². The van der Waals surface area contributed by atoms with Crippen LogP contribution in [-0.2, 0) is 16.0 Å². The van der Waals surface area contributed by atoms with Gasteiger partial charge in [-0.15, -0.1) is 0 Å². The van der Waals surface area contributed by atoms with Gasteiger partial charge in [-0.25, -0.2) is 0 Å². The summed E-state index contributed by atoms with van der Waals surface area (Å²) in [4.78, 5) is 0. The highest BCUT2D eigenvalue weighted by atomic mass is 16.5. The Morgan fingerprint density at radius 3 is 2.67 bits per heavy atom. The molecule has 1 aromatic carbocycles. The van der Waals surface area contributed by atoms with Gasteiger partial charge in [-0.2, -0.15) is 0 Å². The Hall–Kier alpha value is -1.34. The molecule has 0 amide bonds. The molecule has 21 heavy (non-hydrogen) atoms. The first-order chi connectivity index (χ1) is 10.3. The van der Waals surface area contributed by atoms with E-state index < -0.39 is 0 Å². The average molecular weight is 299 g/mol. The lowest BCUT2D eigenvalue weighted by Gasteiger charge is -2.14. The second-order valence-corrected chi connectivity index (χ2v) is 4.33. The van der Waals surface area contributed by atoms with Crippen LogP contribution in [0.2, 0.25) is 0 Å². The molecular formula is C15H25NO5. The maximum atomic E-state index is 8.64. The van der Waals surface area contributed by atoms with Crippen molar-refractivity contribution in [1.29, 1.82) is 0 Å². The number of rotatable bonds is 12. The van der Waals surface area contributed by atoms with Gasteiger partial charge >= 0.3 is 0 Å². The van der Waals surface area contributed by atoms with E-state index in [1.54, 1.807) is 14.2 Å². The van der Waals surface area contributed by atoms with Crippen LogP contribution in [0.3, 0.4) is 0 Å². The van der Waals surface area contributed by atoms with Gasteiger partial charge in [0.05, 0.1) is 33.5 Å². The molecule has 0 radical (unpaired) electrons. The molecule has 0 spiro atoms. The van der Waals surface area contributed by atoms with Gasteiger partial charge < -0.3 is 29.4 Å².